The van der Waals surface area contributed by atoms with Crippen LogP contribution in [-0.4, -0.2) is 6.61 Å². The molecular weight excluding hydrogens is 160 g/mol. The molecular formula is C12H15O. The number of hydrogen-bond donors (Lipinski definition) is 0. The fourth-order valence-electron chi connectivity index (χ4n) is 1.32. The van der Waals surface area contributed by atoms with E-state index in [0.717, 1.165) is 0 Å². The molecule has 0 N–H and O–H groups in total. The zero-order valence-corrected chi connectivity index (χ0v) is 8.21. The van der Waals surface area contributed by atoms with Crippen molar-refractivity contribution in [3.63, 3.8) is 0 Å². The molecule has 69 valence electrons. The van der Waals surface area contributed by atoms with Crippen LogP contribution in [0.4, 0.5) is 0 Å². The summed E-state index contributed by atoms with van der Waals surface area (Å²) in [6, 6.07) is 6.29. The van der Waals surface area contributed by atoms with Crippen molar-refractivity contribution in [2.24, 2.45) is 0 Å². The second-order valence-corrected chi connectivity index (χ2v) is 3.08. The van der Waals surface area contributed by atoms with E-state index in [1.54, 1.807) is 0 Å². The van der Waals surface area contributed by atoms with Gasteiger partial charge in [0.05, 0.1) is 13.7 Å². The SMILES string of the molecule is [CH2]OCC=Cc1c(C)cccc1C. The maximum Gasteiger partial charge on any atom is 0.0704 e. The largest absolute Gasteiger partial charge is 0.375 e. The normalized spacial score (nSPS) is 11.0. The molecule has 1 aromatic carbocycles. The number of benzene rings is 1. The Hall–Kier alpha value is -1.08. The minimum Gasteiger partial charge on any atom is -0.375 e. The first-order chi connectivity index (χ1) is 6.25. The number of rotatable bonds is 3. The number of aryl methyl sites for hydroxylation is 2. The van der Waals surface area contributed by atoms with Gasteiger partial charge in [0.1, 0.15) is 0 Å². The Labute approximate surface area is 80.0 Å². The van der Waals surface area contributed by atoms with Crippen LogP contribution in [0, 0.1) is 21.0 Å². The van der Waals surface area contributed by atoms with Crippen molar-refractivity contribution in [1.82, 2.24) is 0 Å². The Morgan fingerprint density at radius 3 is 2.46 bits per heavy atom. The molecule has 1 heteroatoms. The first kappa shape index (κ1) is 10.0. The lowest BCUT2D eigenvalue weighted by Crippen LogP contribution is -1.86. The third-order valence-corrected chi connectivity index (χ3v) is 2.04. The predicted molar refractivity (Wildman–Crippen MR) is 56.3 cm³/mol. The summed E-state index contributed by atoms with van der Waals surface area (Å²) in [5.41, 5.74) is 3.86. The smallest absolute Gasteiger partial charge is 0.0704 e. The molecule has 0 fully saturated rings. The summed E-state index contributed by atoms with van der Waals surface area (Å²) in [5.74, 6) is 0. The van der Waals surface area contributed by atoms with Gasteiger partial charge in [-0.15, -0.1) is 0 Å². The first-order valence-corrected chi connectivity index (χ1v) is 4.35. The molecule has 0 spiro atoms. The van der Waals surface area contributed by atoms with Gasteiger partial charge in [0, 0.05) is 0 Å². The van der Waals surface area contributed by atoms with Crippen LogP contribution in [0.1, 0.15) is 16.7 Å². The Morgan fingerprint density at radius 2 is 1.92 bits per heavy atom. The van der Waals surface area contributed by atoms with Crippen molar-refractivity contribution < 1.29 is 4.74 Å². The molecule has 0 aliphatic carbocycles. The summed E-state index contributed by atoms with van der Waals surface area (Å²) in [6.07, 6.45) is 4.05. The monoisotopic (exact) mass is 175 g/mol. The zero-order valence-electron chi connectivity index (χ0n) is 8.21. The van der Waals surface area contributed by atoms with Gasteiger partial charge >= 0.3 is 0 Å². The van der Waals surface area contributed by atoms with Crippen molar-refractivity contribution in [3.05, 3.63) is 48.1 Å². The Balaban J connectivity index is 2.87. The zero-order chi connectivity index (χ0) is 9.68. The standard InChI is InChI=1S/C12H15O/c1-10-6-4-7-11(2)12(10)8-5-9-13-3/h4-8H,3,9H2,1-2H3. The summed E-state index contributed by atoms with van der Waals surface area (Å²) in [6.45, 7) is 4.78. The minimum absolute atomic E-state index is 0.563. The summed E-state index contributed by atoms with van der Waals surface area (Å²) in [5, 5.41) is 0. The van der Waals surface area contributed by atoms with Gasteiger partial charge in [-0.2, -0.15) is 0 Å². The van der Waals surface area contributed by atoms with Gasteiger partial charge in [-0.25, -0.2) is 0 Å². The first-order valence-electron chi connectivity index (χ1n) is 4.35. The third kappa shape index (κ3) is 2.71. The molecule has 0 saturated heterocycles. The van der Waals surface area contributed by atoms with Crippen molar-refractivity contribution in [2.45, 2.75) is 13.8 Å². The fourth-order valence-corrected chi connectivity index (χ4v) is 1.32. The van der Waals surface area contributed by atoms with Crippen LogP contribution in [0.25, 0.3) is 6.08 Å². The average Bonchev–Trinajstić information content (AvgIpc) is 2.10. The van der Waals surface area contributed by atoms with E-state index >= 15 is 0 Å². The van der Waals surface area contributed by atoms with E-state index in [1.807, 2.05) is 6.08 Å². The quantitative estimate of drug-likeness (QED) is 0.685. The lowest BCUT2D eigenvalue weighted by Gasteiger charge is -2.03. The Morgan fingerprint density at radius 1 is 1.31 bits per heavy atom. The highest BCUT2D eigenvalue weighted by Gasteiger charge is 1.95. The molecule has 1 rings (SSSR count). The number of hydrogen-bond acceptors (Lipinski definition) is 1. The van der Waals surface area contributed by atoms with E-state index in [0.29, 0.717) is 6.61 Å². The van der Waals surface area contributed by atoms with Crippen LogP contribution in [0.3, 0.4) is 0 Å². The Kier molecular flexibility index (Phi) is 3.71. The van der Waals surface area contributed by atoms with Crippen molar-refractivity contribution in [1.29, 1.82) is 0 Å². The molecule has 0 unspecified atom stereocenters. The highest BCUT2D eigenvalue weighted by Crippen LogP contribution is 2.14. The van der Waals surface area contributed by atoms with Gasteiger partial charge in [-0.3, -0.25) is 0 Å². The van der Waals surface area contributed by atoms with E-state index in [-0.39, 0.29) is 0 Å². The second-order valence-electron chi connectivity index (χ2n) is 3.08. The molecule has 1 radical (unpaired) electrons. The summed E-state index contributed by atoms with van der Waals surface area (Å²) in [4.78, 5) is 0. The van der Waals surface area contributed by atoms with Crippen LogP contribution >= 0.6 is 0 Å². The predicted octanol–water partition coefficient (Wildman–Crippen LogP) is 3.12. The van der Waals surface area contributed by atoms with E-state index < -0.39 is 0 Å². The summed E-state index contributed by atoms with van der Waals surface area (Å²) in [7, 11) is 3.31. The topological polar surface area (TPSA) is 9.23 Å². The lowest BCUT2D eigenvalue weighted by atomic mass is 10.0. The van der Waals surface area contributed by atoms with Gasteiger partial charge in [0.25, 0.3) is 0 Å². The molecule has 0 aromatic heterocycles. The minimum atomic E-state index is 0.563. The number of ether oxygens (including phenoxy) is 1. The summed E-state index contributed by atoms with van der Waals surface area (Å²) >= 11 is 0. The lowest BCUT2D eigenvalue weighted by molar-refractivity contribution is 0.282. The molecule has 0 bridgehead atoms. The molecule has 0 amide bonds. The average molecular weight is 175 g/mol. The summed E-state index contributed by atoms with van der Waals surface area (Å²) < 4.78 is 4.71. The van der Waals surface area contributed by atoms with Crippen LogP contribution in [-0.2, 0) is 4.74 Å². The highest BCUT2D eigenvalue weighted by atomic mass is 16.5. The van der Waals surface area contributed by atoms with Gasteiger partial charge in [0.15, 0.2) is 0 Å². The molecule has 1 nitrogen and oxygen atoms in total. The van der Waals surface area contributed by atoms with E-state index in [4.69, 9.17) is 4.74 Å². The van der Waals surface area contributed by atoms with Crippen molar-refractivity contribution >= 4 is 6.08 Å². The van der Waals surface area contributed by atoms with Gasteiger partial charge in [0.2, 0.25) is 0 Å². The fraction of sp³-hybridized carbons (Fsp3) is 0.250. The molecule has 1 aromatic rings. The van der Waals surface area contributed by atoms with Crippen molar-refractivity contribution in [2.75, 3.05) is 6.61 Å². The van der Waals surface area contributed by atoms with Crippen molar-refractivity contribution in [3.8, 4) is 0 Å². The van der Waals surface area contributed by atoms with E-state index in [2.05, 4.69) is 45.2 Å². The van der Waals surface area contributed by atoms with Crippen LogP contribution in [0.2, 0.25) is 0 Å². The molecule has 0 atom stereocenters. The molecule has 0 heterocycles. The van der Waals surface area contributed by atoms with Gasteiger partial charge < -0.3 is 4.74 Å². The highest BCUT2D eigenvalue weighted by molar-refractivity contribution is 5.57. The Bertz CT molecular complexity index is 280. The van der Waals surface area contributed by atoms with E-state index in [9.17, 15) is 0 Å². The van der Waals surface area contributed by atoms with E-state index in [1.165, 1.54) is 16.7 Å². The molecule has 13 heavy (non-hydrogen) atoms. The maximum absolute atomic E-state index is 4.71. The maximum atomic E-state index is 4.71. The third-order valence-electron chi connectivity index (χ3n) is 2.04. The van der Waals surface area contributed by atoms with Crippen LogP contribution in [0.5, 0.6) is 0 Å². The molecule has 0 saturated carbocycles. The molecule has 0 aliphatic heterocycles. The van der Waals surface area contributed by atoms with Crippen LogP contribution < -0.4 is 0 Å². The second kappa shape index (κ2) is 4.83. The van der Waals surface area contributed by atoms with Gasteiger partial charge in [-0.05, 0) is 30.5 Å². The van der Waals surface area contributed by atoms with Crippen LogP contribution in [0.15, 0.2) is 24.3 Å². The van der Waals surface area contributed by atoms with Gasteiger partial charge in [-0.1, -0.05) is 30.4 Å². The molecule has 0 aliphatic rings.